The first-order valence-electron chi connectivity index (χ1n) is 6.95. The summed E-state index contributed by atoms with van der Waals surface area (Å²) in [5.74, 6) is 0.631. The zero-order valence-corrected chi connectivity index (χ0v) is 12.3. The van der Waals surface area contributed by atoms with Crippen LogP contribution >= 0.6 is 0 Å². The molecule has 1 nitrogen and oxygen atoms in total. The van der Waals surface area contributed by atoms with Crippen molar-refractivity contribution in [2.24, 2.45) is 5.92 Å². The maximum Gasteiger partial charge on any atom is 0.129 e. The molecule has 0 amide bonds. The summed E-state index contributed by atoms with van der Waals surface area (Å²) in [6, 6.07) is 4.31. The van der Waals surface area contributed by atoms with Gasteiger partial charge in [-0.15, -0.1) is 0 Å². The lowest BCUT2D eigenvalue weighted by atomic mass is 9.95. The van der Waals surface area contributed by atoms with Crippen molar-refractivity contribution in [3.63, 3.8) is 0 Å². The van der Waals surface area contributed by atoms with E-state index in [-0.39, 0.29) is 5.82 Å². The van der Waals surface area contributed by atoms with Crippen LogP contribution in [0.3, 0.4) is 0 Å². The third kappa shape index (κ3) is 4.09. The fraction of sp³-hybridized carbons (Fsp3) is 0.625. The lowest BCUT2D eigenvalue weighted by molar-refractivity contribution is 0.447. The van der Waals surface area contributed by atoms with Gasteiger partial charge in [0.25, 0.3) is 0 Å². The zero-order chi connectivity index (χ0) is 13.7. The van der Waals surface area contributed by atoms with Crippen molar-refractivity contribution in [2.75, 3.05) is 6.54 Å². The third-order valence-electron chi connectivity index (χ3n) is 3.34. The fourth-order valence-electron chi connectivity index (χ4n) is 2.31. The van der Waals surface area contributed by atoms with Gasteiger partial charge in [0.05, 0.1) is 0 Å². The first kappa shape index (κ1) is 15.2. The van der Waals surface area contributed by atoms with Crippen LogP contribution in [0.2, 0.25) is 0 Å². The molecule has 1 N–H and O–H groups in total. The molecule has 0 aliphatic carbocycles. The molecule has 102 valence electrons. The van der Waals surface area contributed by atoms with Crippen LogP contribution in [0.25, 0.3) is 0 Å². The number of rotatable bonds is 6. The summed E-state index contributed by atoms with van der Waals surface area (Å²) in [6.45, 7) is 11.2. The molecule has 1 aromatic carbocycles. The maximum absolute atomic E-state index is 13.7. The summed E-state index contributed by atoms with van der Waals surface area (Å²) < 4.78 is 13.7. The minimum absolute atomic E-state index is 0.0714. The Morgan fingerprint density at radius 1 is 1.11 bits per heavy atom. The van der Waals surface area contributed by atoms with E-state index in [1.165, 1.54) is 12.0 Å². The molecule has 18 heavy (non-hydrogen) atoms. The number of hydrogen-bond acceptors (Lipinski definition) is 1. The van der Waals surface area contributed by atoms with Crippen LogP contribution in [0.5, 0.6) is 0 Å². The van der Waals surface area contributed by atoms with E-state index in [0.717, 1.165) is 24.1 Å². The van der Waals surface area contributed by atoms with Crippen LogP contribution in [-0.2, 0) is 0 Å². The minimum Gasteiger partial charge on any atom is -0.310 e. The van der Waals surface area contributed by atoms with E-state index >= 15 is 0 Å². The second kappa shape index (κ2) is 6.89. The highest BCUT2D eigenvalue weighted by Crippen LogP contribution is 2.24. The van der Waals surface area contributed by atoms with E-state index in [0.29, 0.717) is 12.0 Å². The van der Waals surface area contributed by atoms with Crippen molar-refractivity contribution in [3.05, 3.63) is 34.6 Å². The highest BCUT2D eigenvalue weighted by Gasteiger charge is 2.13. The molecule has 0 heterocycles. The van der Waals surface area contributed by atoms with E-state index in [1.54, 1.807) is 0 Å². The third-order valence-corrected chi connectivity index (χ3v) is 3.34. The maximum atomic E-state index is 13.7. The van der Waals surface area contributed by atoms with E-state index < -0.39 is 0 Å². The molecule has 0 aromatic heterocycles. The molecule has 0 aliphatic heterocycles. The Morgan fingerprint density at radius 3 is 2.11 bits per heavy atom. The summed E-state index contributed by atoms with van der Waals surface area (Å²) in [7, 11) is 0. The van der Waals surface area contributed by atoms with Crippen LogP contribution in [0, 0.1) is 25.6 Å². The Kier molecular flexibility index (Phi) is 5.80. The van der Waals surface area contributed by atoms with Gasteiger partial charge in [-0.3, -0.25) is 0 Å². The standard InChI is InChI=1S/C16H26FN/c1-6-18-15(8-7-11(2)3)14-9-12(4)16(17)13(5)10-14/h9-11,15,18H,6-8H2,1-5H3. The van der Waals surface area contributed by atoms with Crippen molar-refractivity contribution < 1.29 is 4.39 Å². The molecule has 2 heteroatoms. The van der Waals surface area contributed by atoms with Gasteiger partial charge in [0, 0.05) is 6.04 Å². The lowest BCUT2D eigenvalue weighted by Crippen LogP contribution is -2.21. The number of nitrogens with one attached hydrogen (secondary N) is 1. The van der Waals surface area contributed by atoms with Crippen molar-refractivity contribution in [1.82, 2.24) is 5.32 Å². The molecule has 0 bridgehead atoms. The number of aryl methyl sites for hydroxylation is 2. The molecule has 0 saturated carbocycles. The number of halogens is 1. The van der Waals surface area contributed by atoms with Crippen LogP contribution < -0.4 is 5.32 Å². The van der Waals surface area contributed by atoms with Gasteiger partial charge in [-0.2, -0.15) is 0 Å². The van der Waals surface area contributed by atoms with E-state index in [1.807, 2.05) is 26.0 Å². The second-order valence-corrected chi connectivity index (χ2v) is 5.55. The fourth-order valence-corrected chi connectivity index (χ4v) is 2.31. The van der Waals surface area contributed by atoms with Crippen molar-refractivity contribution in [3.8, 4) is 0 Å². The molecule has 0 saturated heterocycles. The molecule has 0 aliphatic rings. The molecule has 0 spiro atoms. The molecule has 1 atom stereocenters. The van der Waals surface area contributed by atoms with Crippen LogP contribution in [0.4, 0.5) is 4.39 Å². The molecule has 1 rings (SSSR count). The number of benzene rings is 1. The van der Waals surface area contributed by atoms with E-state index in [9.17, 15) is 4.39 Å². The summed E-state index contributed by atoms with van der Waals surface area (Å²) in [4.78, 5) is 0. The summed E-state index contributed by atoms with van der Waals surface area (Å²) >= 11 is 0. The SMILES string of the molecule is CCNC(CCC(C)C)c1cc(C)c(F)c(C)c1. The Balaban J connectivity index is 2.91. The Hall–Kier alpha value is -0.890. The minimum atomic E-state index is -0.0714. The summed E-state index contributed by atoms with van der Waals surface area (Å²) in [5.41, 5.74) is 2.71. The molecular formula is C16H26FN. The molecule has 1 aromatic rings. The average Bonchev–Trinajstić information content (AvgIpc) is 2.30. The van der Waals surface area contributed by atoms with Gasteiger partial charge in [-0.1, -0.05) is 32.9 Å². The molecular weight excluding hydrogens is 225 g/mol. The lowest BCUT2D eigenvalue weighted by Gasteiger charge is -2.21. The summed E-state index contributed by atoms with van der Waals surface area (Å²) in [6.07, 6.45) is 2.29. The highest BCUT2D eigenvalue weighted by atomic mass is 19.1. The monoisotopic (exact) mass is 251 g/mol. The Bertz CT molecular complexity index is 362. The first-order valence-corrected chi connectivity index (χ1v) is 6.95. The summed E-state index contributed by atoms with van der Waals surface area (Å²) in [5, 5.41) is 3.51. The smallest absolute Gasteiger partial charge is 0.129 e. The zero-order valence-electron chi connectivity index (χ0n) is 12.3. The van der Waals surface area contributed by atoms with Gasteiger partial charge in [0.1, 0.15) is 5.82 Å². The van der Waals surface area contributed by atoms with Gasteiger partial charge in [-0.05, 0) is 55.8 Å². The normalized spacial score (nSPS) is 13.1. The highest BCUT2D eigenvalue weighted by molar-refractivity contribution is 5.32. The van der Waals surface area contributed by atoms with Gasteiger partial charge in [-0.25, -0.2) is 4.39 Å². The molecule has 0 radical (unpaired) electrons. The number of hydrogen-bond donors (Lipinski definition) is 1. The first-order chi connectivity index (χ1) is 8.45. The molecule has 1 unspecified atom stereocenters. The van der Waals surface area contributed by atoms with Gasteiger partial charge < -0.3 is 5.32 Å². The largest absolute Gasteiger partial charge is 0.310 e. The van der Waals surface area contributed by atoms with Gasteiger partial charge in [0.15, 0.2) is 0 Å². The topological polar surface area (TPSA) is 12.0 Å². The van der Waals surface area contributed by atoms with Crippen LogP contribution in [-0.4, -0.2) is 6.54 Å². The van der Waals surface area contributed by atoms with Gasteiger partial charge in [0.2, 0.25) is 0 Å². The van der Waals surface area contributed by atoms with Crippen molar-refractivity contribution >= 4 is 0 Å². The quantitative estimate of drug-likeness (QED) is 0.783. The predicted octanol–water partition coefficient (Wildman–Crippen LogP) is 4.53. The Labute approximate surface area is 111 Å². The van der Waals surface area contributed by atoms with E-state index in [2.05, 4.69) is 26.1 Å². The average molecular weight is 251 g/mol. The second-order valence-electron chi connectivity index (χ2n) is 5.55. The van der Waals surface area contributed by atoms with Crippen molar-refractivity contribution in [1.29, 1.82) is 0 Å². The molecule has 0 fully saturated rings. The van der Waals surface area contributed by atoms with Crippen molar-refractivity contribution in [2.45, 2.75) is 53.5 Å². The van der Waals surface area contributed by atoms with Crippen LogP contribution in [0.1, 0.15) is 56.3 Å². The van der Waals surface area contributed by atoms with E-state index in [4.69, 9.17) is 0 Å². The van der Waals surface area contributed by atoms with Gasteiger partial charge >= 0.3 is 0 Å². The van der Waals surface area contributed by atoms with Crippen LogP contribution in [0.15, 0.2) is 12.1 Å². The predicted molar refractivity (Wildman–Crippen MR) is 76.4 cm³/mol. The Morgan fingerprint density at radius 2 is 1.67 bits per heavy atom.